The maximum atomic E-state index is 12.0. The minimum absolute atomic E-state index is 0.111. The molecule has 5 unspecified atom stereocenters. The first-order chi connectivity index (χ1) is 9.74. The zero-order chi connectivity index (χ0) is 16.0. The number of hydrogen-bond acceptors (Lipinski definition) is 5. The Hall–Kier alpha value is 0.445. The fourth-order valence-corrected chi connectivity index (χ4v) is 3.58. The number of methoxy groups -OCH3 is 1. The lowest BCUT2D eigenvalue weighted by Crippen LogP contribution is -2.46. The van der Waals surface area contributed by atoms with Crippen LogP contribution in [-0.2, 0) is 23.5 Å². The van der Waals surface area contributed by atoms with E-state index in [9.17, 15) is 4.57 Å². The molecular weight excluding hydrogens is 312 g/mol. The lowest BCUT2D eigenvalue weighted by Gasteiger charge is -2.27. The Balaban J connectivity index is 2.71. The van der Waals surface area contributed by atoms with E-state index in [4.69, 9.17) is 18.9 Å². The van der Waals surface area contributed by atoms with E-state index < -0.39 is 6.49 Å². The van der Waals surface area contributed by atoms with Gasteiger partial charge in [-0.25, -0.2) is 0 Å². The van der Waals surface area contributed by atoms with E-state index in [0.717, 1.165) is 0 Å². The highest BCUT2D eigenvalue weighted by molar-refractivity contribution is 8.47. The second kappa shape index (κ2) is 8.92. The molecular formula is C12H27BNO5PS. The lowest BCUT2D eigenvalue weighted by atomic mass is 9.92. The van der Waals surface area contributed by atoms with E-state index in [0.29, 0.717) is 19.8 Å². The predicted octanol–water partition coefficient (Wildman–Crippen LogP) is 0.512. The van der Waals surface area contributed by atoms with Crippen LogP contribution >= 0.6 is 18.7 Å². The third kappa shape index (κ3) is 7.03. The summed E-state index contributed by atoms with van der Waals surface area (Å²) in [6.45, 7) is 4.21. The number of hydrogen-bond donors (Lipinski definition) is 2. The predicted molar refractivity (Wildman–Crippen MR) is 89.3 cm³/mol. The summed E-state index contributed by atoms with van der Waals surface area (Å²) in [5.74, 6) is 0. The second-order valence-electron chi connectivity index (χ2n) is 5.62. The van der Waals surface area contributed by atoms with Gasteiger partial charge in [-0.05, 0) is 13.8 Å². The molecule has 1 fully saturated rings. The molecule has 1 aliphatic heterocycles. The molecule has 1 heterocycles. The van der Waals surface area contributed by atoms with Crippen molar-refractivity contribution in [2.75, 3.05) is 33.6 Å². The zero-order valence-corrected chi connectivity index (χ0v) is 15.2. The van der Waals surface area contributed by atoms with E-state index in [1.54, 1.807) is 13.8 Å². The van der Waals surface area contributed by atoms with Crippen LogP contribution in [0.1, 0.15) is 13.8 Å². The molecule has 124 valence electrons. The molecule has 1 aliphatic rings. The van der Waals surface area contributed by atoms with Crippen LogP contribution in [0.15, 0.2) is 0 Å². The minimum atomic E-state index is -2.70. The summed E-state index contributed by atoms with van der Waals surface area (Å²) < 4.78 is 34.4. The normalized spacial score (nSPS) is 32.5. The van der Waals surface area contributed by atoms with Gasteiger partial charge >= 0.3 is 0 Å². The molecule has 1 saturated heterocycles. The van der Waals surface area contributed by atoms with E-state index in [1.165, 1.54) is 0 Å². The fraction of sp³-hybridized carbons (Fsp3) is 1.00. The summed E-state index contributed by atoms with van der Waals surface area (Å²) in [5.41, 5.74) is 0. The first-order valence-corrected chi connectivity index (χ1v) is 10.5. The van der Waals surface area contributed by atoms with E-state index in [2.05, 4.69) is 17.3 Å². The summed E-state index contributed by atoms with van der Waals surface area (Å²) in [7, 11) is 3.57. The molecule has 0 aromatic heterocycles. The van der Waals surface area contributed by atoms with Crippen LogP contribution in [0, 0.1) is 0 Å². The molecule has 0 aromatic rings. The topological polar surface area (TPSA) is 66.0 Å². The lowest BCUT2D eigenvalue weighted by molar-refractivity contribution is -0.0273. The van der Waals surface area contributed by atoms with Gasteiger partial charge in [-0.1, -0.05) is 12.2 Å². The van der Waals surface area contributed by atoms with Crippen LogP contribution in [0.5, 0.6) is 0 Å². The van der Waals surface area contributed by atoms with Gasteiger partial charge in [0.1, 0.15) is 7.85 Å². The van der Waals surface area contributed by atoms with Crippen molar-refractivity contribution >= 4 is 26.6 Å². The summed E-state index contributed by atoms with van der Waals surface area (Å²) in [4.78, 5) is 0. The summed E-state index contributed by atoms with van der Waals surface area (Å²) in [6, 6.07) is -0.330. The summed E-state index contributed by atoms with van der Waals surface area (Å²) in [6.07, 6.45) is -0.306. The van der Waals surface area contributed by atoms with Crippen molar-refractivity contribution in [2.24, 2.45) is 0 Å². The van der Waals surface area contributed by atoms with Crippen molar-refractivity contribution in [2.45, 2.75) is 44.2 Å². The van der Waals surface area contributed by atoms with E-state index in [1.807, 2.05) is 21.7 Å². The average Bonchev–Trinajstić information content (AvgIpc) is 2.62. The van der Waals surface area contributed by atoms with Gasteiger partial charge in [0.25, 0.3) is 0 Å². The van der Waals surface area contributed by atoms with Crippen LogP contribution < -0.4 is 5.09 Å². The molecule has 9 heteroatoms. The Labute approximate surface area is 133 Å². The molecule has 1 N–H and O–H groups in total. The van der Waals surface area contributed by atoms with Gasteiger partial charge in [0, 0.05) is 13.8 Å². The molecule has 0 saturated carbocycles. The quantitative estimate of drug-likeness (QED) is 0.276. The average molecular weight is 339 g/mol. The van der Waals surface area contributed by atoms with Gasteiger partial charge in [-0.2, -0.15) is 0 Å². The van der Waals surface area contributed by atoms with Crippen LogP contribution in [0.3, 0.4) is 0 Å². The SMILES string of the molecule is BC1OC(COC(C)C)C(NP(C)(=O)S)C1OCCOC. The van der Waals surface area contributed by atoms with Crippen LogP contribution in [-0.4, -0.2) is 71.8 Å². The zero-order valence-electron chi connectivity index (χ0n) is 13.4. The number of nitrogens with one attached hydrogen (secondary N) is 1. The van der Waals surface area contributed by atoms with Gasteiger partial charge in [0.2, 0.25) is 0 Å². The first-order valence-electron chi connectivity index (χ1n) is 7.20. The van der Waals surface area contributed by atoms with Gasteiger partial charge in [0.05, 0.1) is 50.2 Å². The highest BCUT2D eigenvalue weighted by atomic mass is 32.7. The molecule has 0 radical (unpaired) electrons. The van der Waals surface area contributed by atoms with Crippen molar-refractivity contribution in [1.82, 2.24) is 5.09 Å². The van der Waals surface area contributed by atoms with Crippen molar-refractivity contribution in [3.8, 4) is 0 Å². The highest BCUT2D eigenvalue weighted by Crippen LogP contribution is 2.43. The first kappa shape index (κ1) is 19.5. The molecule has 6 nitrogen and oxygen atoms in total. The number of thiol groups is 1. The van der Waals surface area contributed by atoms with Crippen LogP contribution in [0.4, 0.5) is 0 Å². The molecule has 0 spiro atoms. The Morgan fingerprint density at radius 1 is 1.43 bits per heavy atom. The fourth-order valence-electron chi connectivity index (χ4n) is 2.31. The number of ether oxygens (including phenoxy) is 4. The molecule has 0 aromatic carbocycles. The smallest absolute Gasteiger partial charge is 0.195 e. The standard InChI is InChI=1S/C12H27BNO5PS/c1-8(2)18-7-9-10(14-20(4,15)21)11(12(13)19-9)17-6-5-16-3/h8-12H,5-7,13H2,1-4H3,(H2,14,15,21). The van der Waals surface area contributed by atoms with E-state index >= 15 is 0 Å². The van der Waals surface area contributed by atoms with Crippen molar-refractivity contribution in [3.63, 3.8) is 0 Å². The molecule has 21 heavy (non-hydrogen) atoms. The summed E-state index contributed by atoms with van der Waals surface area (Å²) >= 11 is 4.13. The van der Waals surface area contributed by atoms with Crippen molar-refractivity contribution in [1.29, 1.82) is 0 Å². The summed E-state index contributed by atoms with van der Waals surface area (Å²) in [5, 5.41) is 3.05. The molecule has 5 atom stereocenters. The minimum Gasteiger partial charge on any atom is -0.382 e. The van der Waals surface area contributed by atoms with Gasteiger partial charge in [-0.3, -0.25) is 9.65 Å². The largest absolute Gasteiger partial charge is 0.382 e. The maximum Gasteiger partial charge on any atom is 0.195 e. The Kier molecular flexibility index (Phi) is 8.28. The maximum absolute atomic E-state index is 12.0. The van der Waals surface area contributed by atoms with Gasteiger partial charge < -0.3 is 18.9 Å². The van der Waals surface area contributed by atoms with Crippen molar-refractivity contribution in [3.05, 3.63) is 0 Å². The third-order valence-electron chi connectivity index (χ3n) is 3.19. The second-order valence-corrected chi connectivity index (χ2v) is 9.93. The highest BCUT2D eigenvalue weighted by Gasteiger charge is 2.44. The van der Waals surface area contributed by atoms with Gasteiger partial charge in [-0.15, -0.1) is 0 Å². The molecule has 0 bridgehead atoms. The molecule has 0 amide bonds. The van der Waals surface area contributed by atoms with E-state index in [-0.39, 0.29) is 30.4 Å². The molecule has 1 rings (SSSR count). The van der Waals surface area contributed by atoms with Crippen LogP contribution in [0.2, 0.25) is 0 Å². The monoisotopic (exact) mass is 339 g/mol. The number of rotatable bonds is 9. The Bertz CT molecular complexity index is 357. The Morgan fingerprint density at radius 3 is 2.62 bits per heavy atom. The van der Waals surface area contributed by atoms with Crippen molar-refractivity contribution < 1.29 is 23.5 Å². The van der Waals surface area contributed by atoms with Gasteiger partial charge in [0.15, 0.2) is 6.49 Å². The third-order valence-corrected chi connectivity index (χ3v) is 4.31. The van der Waals surface area contributed by atoms with Crippen LogP contribution in [0.25, 0.3) is 0 Å². The Morgan fingerprint density at radius 2 is 2.10 bits per heavy atom. The molecule has 0 aliphatic carbocycles.